The van der Waals surface area contributed by atoms with Crippen LogP contribution >= 0.6 is 0 Å². The fourth-order valence-corrected chi connectivity index (χ4v) is 4.61. The lowest BCUT2D eigenvalue weighted by Gasteiger charge is -2.42. The standard InChI is InChI=1S/C23H30O7/c1-11-12(2)22(29-6)14-10-17(28-5)21(25)23(30-7)19(14)18(11)13-8-15(26-3)20(24)16(9-13)27-4/h8-12,18,22,24-25H,1-7H3/t11-,12-,18-,22-/m1/s1. The zero-order chi connectivity index (χ0) is 22.2. The fraction of sp³-hybridized carbons (Fsp3) is 0.478. The normalized spacial score (nSPS) is 22.9. The number of fused-ring (bicyclic) bond motifs is 1. The number of phenolic OH excluding ortho intramolecular Hbond substituents is 2. The Morgan fingerprint density at radius 1 is 0.700 bits per heavy atom. The Labute approximate surface area is 177 Å². The monoisotopic (exact) mass is 418 g/mol. The first-order valence-corrected chi connectivity index (χ1v) is 9.79. The second-order valence-electron chi connectivity index (χ2n) is 7.59. The van der Waals surface area contributed by atoms with Crippen LogP contribution in [0.2, 0.25) is 0 Å². The summed E-state index contributed by atoms with van der Waals surface area (Å²) >= 11 is 0. The molecular weight excluding hydrogens is 388 g/mol. The number of aromatic hydroxyl groups is 2. The number of rotatable bonds is 6. The molecule has 1 aliphatic rings. The van der Waals surface area contributed by atoms with Crippen molar-refractivity contribution >= 4 is 0 Å². The van der Waals surface area contributed by atoms with Gasteiger partial charge in [0.15, 0.2) is 23.0 Å². The van der Waals surface area contributed by atoms with Gasteiger partial charge < -0.3 is 33.9 Å². The van der Waals surface area contributed by atoms with Crippen LogP contribution in [0.3, 0.4) is 0 Å². The molecule has 0 spiro atoms. The van der Waals surface area contributed by atoms with Gasteiger partial charge in [-0.3, -0.25) is 0 Å². The molecule has 30 heavy (non-hydrogen) atoms. The summed E-state index contributed by atoms with van der Waals surface area (Å²) in [5.74, 6) is 1.29. The molecule has 0 heterocycles. The van der Waals surface area contributed by atoms with Gasteiger partial charge in [0.2, 0.25) is 11.5 Å². The maximum absolute atomic E-state index is 10.8. The Kier molecular flexibility index (Phi) is 6.22. The largest absolute Gasteiger partial charge is 0.502 e. The second kappa shape index (κ2) is 8.52. The van der Waals surface area contributed by atoms with Crippen LogP contribution in [0.1, 0.15) is 42.6 Å². The molecule has 0 fully saturated rings. The zero-order valence-electron chi connectivity index (χ0n) is 18.5. The first kappa shape index (κ1) is 21.9. The molecule has 0 saturated carbocycles. The molecule has 2 N–H and O–H groups in total. The Bertz CT molecular complexity index is 899. The van der Waals surface area contributed by atoms with Gasteiger partial charge in [-0.05, 0) is 41.2 Å². The van der Waals surface area contributed by atoms with Crippen molar-refractivity contribution in [2.24, 2.45) is 11.8 Å². The molecule has 164 valence electrons. The highest BCUT2D eigenvalue weighted by Gasteiger charge is 2.43. The molecule has 0 amide bonds. The van der Waals surface area contributed by atoms with Crippen molar-refractivity contribution < 1.29 is 33.9 Å². The maximum atomic E-state index is 10.8. The van der Waals surface area contributed by atoms with Crippen LogP contribution in [0.4, 0.5) is 0 Å². The van der Waals surface area contributed by atoms with Gasteiger partial charge in [0, 0.05) is 18.6 Å². The topological polar surface area (TPSA) is 86.6 Å². The number of benzene rings is 2. The molecule has 0 radical (unpaired) electrons. The van der Waals surface area contributed by atoms with E-state index >= 15 is 0 Å². The van der Waals surface area contributed by atoms with Crippen LogP contribution in [0.5, 0.6) is 34.5 Å². The van der Waals surface area contributed by atoms with Gasteiger partial charge in [0.05, 0.1) is 34.5 Å². The number of ether oxygens (including phenoxy) is 5. The molecule has 4 atom stereocenters. The van der Waals surface area contributed by atoms with E-state index in [9.17, 15) is 10.2 Å². The molecule has 3 rings (SSSR count). The van der Waals surface area contributed by atoms with Crippen LogP contribution in [0, 0.1) is 11.8 Å². The Morgan fingerprint density at radius 2 is 1.23 bits per heavy atom. The van der Waals surface area contributed by atoms with E-state index in [1.807, 2.05) is 6.07 Å². The van der Waals surface area contributed by atoms with Crippen LogP contribution in [0.25, 0.3) is 0 Å². The lowest BCUT2D eigenvalue weighted by molar-refractivity contribution is 0.0221. The van der Waals surface area contributed by atoms with Crippen molar-refractivity contribution in [1.82, 2.24) is 0 Å². The first-order valence-electron chi connectivity index (χ1n) is 9.79. The van der Waals surface area contributed by atoms with E-state index in [1.54, 1.807) is 19.2 Å². The summed E-state index contributed by atoms with van der Waals surface area (Å²) in [6, 6.07) is 5.40. The number of hydrogen-bond acceptors (Lipinski definition) is 7. The molecule has 7 nitrogen and oxygen atoms in total. The van der Waals surface area contributed by atoms with E-state index in [1.165, 1.54) is 28.4 Å². The van der Waals surface area contributed by atoms with Crippen molar-refractivity contribution in [3.63, 3.8) is 0 Å². The van der Waals surface area contributed by atoms with Crippen molar-refractivity contribution in [3.05, 3.63) is 34.9 Å². The highest BCUT2D eigenvalue weighted by atomic mass is 16.5. The van der Waals surface area contributed by atoms with Gasteiger partial charge in [0.25, 0.3) is 0 Å². The Balaban J connectivity index is 2.36. The summed E-state index contributed by atoms with van der Waals surface area (Å²) in [5.41, 5.74) is 2.59. The third kappa shape index (κ3) is 3.27. The molecule has 0 aromatic heterocycles. The predicted molar refractivity (Wildman–Crippen MR) is 112 cm³/mol. The van der Waals surface area contributed by atoms with Crippen LogP contribution in [0.15, 0.2) is 18.2 Å². The second-order valence-corrected chi connectivity index (χ2v) is 7.59. The highest BCUT2D eigenvalue weighted by Crippen LogP contribution is 2.57. The average Bonchev–Trinajstić information content (AvgIpc) is 2.75. The van der Waals surface area contributed by atoms with E-state index < -0.39 is 0 Å². The van der Waals surface area contributed by atoms with Crippen LogP contribution in [-0.4, -0.2) is 45.8 Å². The van der Waals surface area contributed by atoms with Crippen molar-refractivity contribution in [3.8, 4) is 34.5 Å². The summed E-state index contributed by atoms with van der Waals surface area (Å²) in [6.45, 7) is 4.27. The van der Waals surface area contributed by atoms with Gasteiger partial charge in [-0.15, -0.1) is 0 Å². The molecular formula is C23H30O7. The summed E-state index contributed by atoms with van der Waals surface area (Å²) in [4.78, 5) is 0. The summed E-state index contributed by atoms with van der Waals surface area (Å²) in [6.07, 6.45) is -0.199. The number of methoxy groups -OCH3 is 5. The van der Waals surface area contributed by atoms with E-state index in [4.69, 9.17) is 23.7 Å². The number of phenols is 2. The lowest BCUT2D eigenvalue weighted by Crippen LogP contribution is -2.32. The minimum atomic E-state index is -0.199. The SMILES string of the molecule is COc1cc([C@@H]2c3c(cc(OC)c(O)c3OC)[C@H](OC)[C@H](C)[C@H]2C)cc(OC)c1O. The van der Waals surface area contributed by atoms with Gasteiger partial charge >= 0.3 is 0 Å². The molecule has 2 aromatic rings. The van der Waals surface area contributed by atoms with E-state index in [-0.39, 0.29) is 35.4 Å². The molecule has 2 aromatic carbocycles. The van der Waals surface area contributed by atoms with E-state index in [2.05, 4.69) is 13.8 Å². The van der Waals surface area contributed by atoms with Gasteiger partial charge in [0.1, 0.15) is 0 Å². The van der Waals surface area contributed by atoms with Crippen LogP contribution in [-0.2, 0) is 4.74 Å². The average molecular weight is 418 g/mol. The highest BCUT2D eigenvalue weighted by molar-refractivity contribution is 5.64. The Hall–Kier alpha value is -2.80. The minimum absolute atomic E-state index is 0.0557. The van der Waals surface area contributed by atoms with Gasteiger partial charge in [-0.2, -0.15) is 0 Å². The maximum Gasteiger partial charge on any atom is 0.201 e. The van der Waals surface area contributed by atoms with E-state index in [0.717, 1.165) is 16.7 Å². The summed E-state index contributed by atoms with van der Waals surface area (Å²) < 4.78 is 27.6. The first-order chi connectivity index (χ1) is 14.3. The smallest absolute Gasteiger partial charge is 0.201 e. The predicted octanol–water partition coefficient (Wildman–Crippen LogP) is 4.24. The minimum Gasteiger partial charge on any atom is -0.502 e. The van der Waals surface area contributed by atoms with E-state index in [0.29, 0.717) is 23.0 Å². The van der Waals surface area contributed by atoms with Crippen molar-refractivity contribution in [2.45, 2.75) is 25.9 Å². The van der Waals surface area contributed by atoms with Crippen molar-refractivity contribution in [1.29, 1.82) is 0 Å². The third-order valence-corrected chi connectivity index (χ3v) is 6.28. The Morgan fingerprint density at radius 3 is 1.70 bits per heavy atom. The molecule has 0 aliphatic heterocycles. The van der Waals surface area contributed by atoms with Crippen molar-refractivity contribution in [2.75, 3.05) is 35.5 Å². The van der Waals surface area contributed by atoms with Crippen LogP contribution < -0.4 is 18.9 Å². The van der Waals surface area contributed by atoms with Gasteiger partial charge in [-0.1, -0.05) is 13.8 Å². The van der Waals surface area contributed by atoms with Gasteiger partial charge in [-0.25, -0.2) is 0 Å². The molecule has 1 aliphatic carbocycles. The third-order valence-electron chi connectivity index (χ3n) is 6.28. The molecule has 0 unspecified atom stereocenters. The number of hydrogen-bond donors (Lipinski definition) is 2. The lowest BCUT2D eigenvalue weighted by atomic mass is 9.66. The zero-order valence-corrected chi connectivity index (χ0v) is 18.5. The summed E-state index contributed by atoms with van der Waals surface area (Å²) in [7, 11) is 7.70. The molecule has 0 saturated heterocycles. The molecule has 0 bridgehead atoms. The fourth-order valence-electron chi connectivity index (χ4n) is 4.61. The quantitative estimate of drug-likeness (QED) is 0.726. The summed E-state index contributed by atoms with van der Waals surface area (Å²) in [5, 5.41) is 21.2. The molecule has 7 heteroatoms.